The molecule has 0 aliphatic carbocycles. The third-order valence-corrected chi connectivity index (χ3v) is 6.49. The molecule has 0 unspecified atom stereocenters. The standard InChI is InChI=1S/C14H20B9ClN2O4/c15-6-5(7(16)10(24)9(18)8(6)17)3-1-4(29-22)11(25-2-3)12(27)26(21)14(19,20)13(28)30-23/h1-2H,15-23H2. The summed E-state index contributed by atoms with van der Waals surface area (Å²) in [6.07, 6.45) is 1.63. The molecule has 0 fully saturated rings. The Labute approximate surface area is 190 Å². The minimum Gasteiger partial charge on any atom is -0.566 e. The third kappa shape index (κ3) is 4.09. The van der Waals surface area contributed by atoms with Crippen LogP contribution >= 0.6 is 11.6 Å². The van der Waals surface area contributed by atoms with Gasteiger partial charge in [-0.3, -0.25) is 9.59 Å². The molecule has 0 spiro atoms. The Hall–Kier alpha value is -2.02. The minimum atomic E-state index is -1.16. The maximum absolute atomic E-state index is 13.1. The molecule has 16 heteroatoms. The Balaban J connectivity index is 2.59. The third-order valence-electron chi connectivity index (χ3n) is 5.93. The van der Waals surface area contributed by atoms with Gasteiger partial charge in [-0.25, -0.2) is 4.98 Å². The molecule has 0 bridgehead atoms. The molecule has 1 aromatic carbocycles. The minimum absolute atomic E-state index is 0.117. The van der Waals surface area contributed by atoms with Gasteiger partial charge in [0.15, 0.2) is 5.69 Å². The summed E-state index contributed by atoms with van der Waals surface area (Å²) in [6, 6.07) is 1.78. The summed E-state index contributed by atoms with van der Waals surface area (Å²) < 4.78 is 10.3. The van der Waals surface area contributed by atoms with E-state index in [0.29, 0.717) is 10.8 Å². The molecule has 2 aromatic rings. The number of rotatable bonds is 5. The van der Waals surface area contributed by atoms with Crippen molar-refractivity contribution < 1.29 is 18.9 Å². The van der Waals surface area contributed by atoms with Crippen molar-refractivity contribution in [1.29, 1.82) is 0 Å². The Kier molecular flexibility index (Phi) is 7.28. The second-order valence-corrected chi connectivity index (χ2v) is 8.26. The highest BCUT2D eigenvalue weighted by Crippen LogP contribution is 2.25. The maximum Gasteiger partial charge on any atom is 0.326 e. The van der Waals surface area contributed by atoms with E-state index in [0.717, 1.165) is 33.0 Å². The van der Waals surface area contributed by atoms with E-state index >= 15 is 0 Å². The number of halogens is 1. The van der Waals surface area contributed by atoms with E-state index in [1.54, 1.807) is 28.0 Å². The second kappa shape index (κ2) is 9.00. The lowest BCUT2D eigenvalue weighted by molar-refractivity contribution is -0.136. The average molecular weight is 413 g/mol. The molecule has 0 atom stereocenters. The highest BCUT2D eigenvalue weighted by Gasteiger charge is 2.36. The van der Waals surface area contributed by atoms with Crippen LogP contribution in [-0.4, -0.2) is 98.2 Å². The van der Waals surface area contributed by atoms with Crippen molar-refractivity contribution in [1.82, 2.24) is 9.79 Å². The molecule has 0 N–H and O–H groups in total. The fourth-order valence-electron chi connectivity index (χ4n) is 3.44. The number of pyridine rings is 1. The highest BCUT2D eigenvalue weighted by molar-refractivity contribution is 6.66. The predicted octanol–water partition coefficient (Wildman–Crippen LogP) is -9.64. The van der Waals surface area contributed by atoms with Crippen LogP contribution in [-0.2, 0) is 9.45 Å². The van der Waals surface area contributed by atoms with Crippen LogP contribution in [0.4, 0.5) is 0 Å². The lowest BCUT2D eigenvalue weighted by Crippen LogP contribution is -2.58. The van der Waals surface area contributed by atoms with Gasteiger partial charge in [0.05, 0.1) is 5.34 Å². The first-order chi connectivity index (χ1) is 13.9. The van der Waals surface area contributed by atoms with Crippen molar-refractivity contribution in [2.24, 2.45) is 0 Å². The second-order valence-electron chi connectivity index (χ2n) is 7.88. The fraction of sp³-hybridized carbons (Fsp3) is 0.0714. The quantitative estimate of drug-likeness (QED) is 0.456. The van der Waals surface area contributed by atoms with Gasteiger partial charge < -0.3 is 14.1 Å². The number of hydrogen-bond acceptors (Lipinski definition) is 5. The smallest absolute Gasteiger partial charge is 0.326 e. The summed E-state index contributed by atoms with van der Waals surface area (Å²) in [5.74, 6) is -0.650. The molecule has 144 valence electrons. The van der Waals surface area contributed by atoms with E-state index in [4.69, 9.17) is 20.9 Å². The van der Waals surface area contributed by atoms with Gasteiger partial charge in [0.1, 0.15) is 52.8 Å². The molecule has 0 aliphatic heterocycles. The van der Waals surface area contributed by atoms with E-state index in [2.05, 4.69) is 4.98 Å². The van der Waals surface area contributed by atoms with Gasteiger partial charge in [0.25, 0.3) is 11.9 Å². The van der Waals surface area contributed by atoms with Crippen LogP contribution in [0.1, 0.15) is 10.5 Å². The van der Waals surface area contributed by atoms with Crippen LogP contribution in [0.2, 0.25) is 5.02 Å². The first-order valence-electron chi connectivity index (χ1n) is 9.56. The van der Waals surface area contributed by atoms with Crippen LogP contribution in [0.5, 0.6) is 5.75 Å². The van der Waals surface area contributed by atoms with Crippen molar-refractivity contribution in [3.8, 4) is 16.9 Å². The zero-order chi connectivity index (χ0) is 23.0. The summed E-state index contributed by atoms with van der Waals surface area (Å²) in [5.41, 5.74) is 6.10. The molecule has 2 rings (SSSR count). The zero-order valence-corrected chi connectivity index (χ0v) is 19.8. The van der Waals surface area contributed by atoms with Gasteiger partial charge in [0, 0.05) is 16.8 Å². The normalized spacial score (nSPS) is 11.0. The molecule has 0 radical (unpaired) electrons. The van der Waals surface area contributed by atoms with Crippen LogP contribution in [0.25, 0.3) is 11.1 Å². The van der Waals surface area contributed by atoms with E-state index in [1.165, 1.54) is 28.9 Å². The van der Waals surface area contributed by atoms with Crippen LogP contribution < -0.4 is 26.5 Å². The summed E-state index contributed by atoms with van der Waals surface area (Å²) in [4.78, 5) is 30.9. The molecular formula is C14H20B9ClN2O4. The van der Waals surface area contributed by atoms with E-state index in [-0.39, 0.29) is 5.69 Å². The van der Waals surface area contributed by atoms with Gasteiger partial charge in [-0.1, -0.05) is 33.5 Å². The van der Waals surface area contributed by atoms with Crippen LogP contribution in [0, 0.1) is 0 Å². The van der Waals surface area contributed by atoms with Crippen LogP contribution in [0.3, 0.4) is 0 Å². The van der Waals surface area contributed by atoms with Crippen molar-refractivity contribution >= 4 is 116 Å². The Morgan fingerprint density at radius 1 is 1.03 bits per heavy atom. The largest absolute Gasteiger partial charge is 0.566 e. The Bertz CT molecular complexity index is 1010. The van der Waals surface area contributed by atoms with Gasteiger partial charge in [0.2, 0.25) is 7.98 Å². The number of benzene rings is 1. The summed E-state index contributed by atoms with van der Waals surface area (Å²) >= 11 is 6.54. The molecule has 0 saturated heterocycles. The van der Waals surface area contributed by atoms with E-state index in [9.17, 15) is 9.59 Å². The Morgan fingerprint density at radius 3 is 2.17 bits per heavy atom. The number of carbonyl (C=O) groups is 2. The van der Waals surface area contributed by atoms with Crippen molar-refractivity contribution in [2.45, 2.75) is 5.34 Å². The summed E-state index contributed by atoms with van der Waals surface area (Å²) in [6.45, 7) is 0. The lowest BCUT2D eigenvalue weighted by atomic mass is 9.59. The number of nitrogens with zero attached hydrogens (tertiary/aromatic N) is 2. The molecular weight excluding hydrogens is 393 g/mol. The van der Waals surface area contributed by atoms with Gasteiger partial charge in [-0.15, -0.1) is 0 Å². The first kappa shape index (κ1) is 24.3. The van der Waals surface area contributed by atoms with Gasteiger partial charge >= 0.3 is 16.1 Å². The van der Waals surface area contributed by atoms with Gasteiger partial charge in [-0.05, 0) is 11.6 Å². The molecule has 0 aliphatic rings. The molecule has 1 heterocycles. The molecule has 30 heavy (non-hydrogen) atoms. The van der Waals surface area contributed by atoms with Crippen molar-refractivity contribution in [3.05, 3.63) is 23.0 Å². The Morgan fingerprint density at radius 2 is 1.63 bits per heavy atom. The molecule has 6 nitrogen and oxygen atoms in total. The number of carbonyl (C=O) groups excluding carboxylic acids is 2. The van der Waals surface area contributed by atoms with Gasteiger partial charge in [-0.2, -0.15) is 0 Å². The zero-order valence-electron chi connectivity index (χ0n) is 19.1. The summed E-state index contributed by atoms with van der Waals surface area (Å²) in [7, 11) is 15.6. The van der Waals surface area contributed by atoms with E-state index < -0.39 is 17.2 Å². The molecule has 1 amide bonds. The first-order valence-corrected chi connectivity index (χ1v) is 9.94. The van der Waals surface area contributed by atoms with E-state index in [1.807, 2.05) is 31.4 Å². The SMILES string of the molecule is BOC(=O)C(B)(B)N(B)C(=O)c1ncc(-c2c(B)c(B)c(B)c(Cl)c2B)cc1OB. The predicted molar refractivity (Wildman–Crippen MR) is 146 cm³/mol. The summed E-state index contributed by atoms with van der Waals surface area (Å²) in [5, 5.41) is -0.446. The monoisotopic (exact) mass is 414 g/mol. The van der Waals surface area contributed by atoms with Crippen molar-refractivity contribution in [3.63, 3.8) is 0 Å². The number of hydrogen-bond donors (Lipinski definition) is 0. The highest BCUT2D eigenvalue weighted by atomic mass is 35.5. The lowest BCUT2D eigenvalue weighted by Gasteiger charge is -2.34. The molecule has 1 aromatic heterocycles. The molecule has 0 saturated carbocycles. The fourth-order valence-corrected chi connectivity index (χ4v) is 3.67. The topological polar surface area (TPSA) is 68.7 Å². The van der Waals surface area contributed by atoms with Crippen molar-refractivity contribution in [2.75, 3.05) is 0 Å². The number of aromatic nitrogens is 1. The van der Waals surface area contributed by atoms with Crippen LogP contribution in [0.15, 0.2) is 12.3 Å². The average Bonchev–Trinajstić information content (AvgIpc) is 2.74. The number of amides is 1. The maximum atomic E-state index is 13.1.